The monoisotopic (exact) mass is 416 g/mol. The molecule has 0 atom stereocenters. The Balaban J connectivity index is 1.60. The summed E-state index contributed by atoms with van der Waals surface area (Å²) in [4.78, 5) is 0. The molecule has 0 amide bonds. The topological polar surface area (TPSA) is 33.3 Å². The van der Waals surface area contributed by atoms with Gasteiger partial charge in [-0.2, -0.15) is 0 Å². The summed E-state index contributed by atoms with van der Waals surface area (Å²) < 4.78 is 20.2. The Kier molecular flexibility index (Phi) is 5.63. The zero-order valence-electron chi connectivity index (χ0n) is 13.0. The molecule has 3 rings (SSSR count). The molecular weight excluding hydrogens is 403 g/mol. The molecule has 3 aromatic rings. The Hall–Kier alpha value is -2.44. The lowest BCUT2D eigenvalue weighted by Crippen LogP contribution is -2.19. The number of halogens is 2. The van der Waals surface area contributed by atoms with Crippen molar-refractivity contribution in [1.29, 1.82) is 0 Å². The van der Waals surface area contributed by atoms with Crippen LogP contribution in [0.25, 0.3) is 0 Å². The minimum Gasteiger partial charge on any atom is -0.457 e. The normalized spacial score (nSPS) is 10.2. The van der Waals surface area contributed by atoms with Gasteiger partial charge in [0.2, 0.25) is 0 Å². The standard InChI is InChI=1S/C19H14BrFN2OS/c20-13-6-11-18(17(21)12-13)23-19(25)22-14-7-9-16(10-8-14)24-15-4-2-1-3-5-15/h1-12H,(H2,22,23,25). The average molecular weight is 417 g/mol. The van der Waals surface area contributed by atoms with Crippen LogP contribution in [0.4, 0.5) is 15.8 Å². The van der Waals surface area contributed by atoms with Crippen molar-refractivity contribution in [3.8, 4) is 11.5 Å². The van der Waals surface area contributed by atoms with Crippen molar-refractivity contribution in [3.05, 3.63) is 83.1 Å². The number of hydrogen-bond donors (Lipinski definition) is 2. The number of para-hydroxylation sites is 1. The van der Waals surface area contributed by atoms with Gasteiger partial charge in [-0.1, -0.05) is 34.1 Å². The zero-order chi connectivity index (χ0) is 17.6. The SMILES string of the molecule is Fc1cc(Br)ccc1NC(=S)Nc1ccc(Oc2ccccc2)cc1. The summed E-state index contributed by atoms with van der Waals surface area (Å²) in [6, 6.07) is 21.6. The summed E-state index contributed by atoms with van der Waals surface area (Å²) in [6.07, 6.45) is 0. The third-order valence-corrected chi connectivity index (χ3v) is 3.97. The van der Waals surface area contributed by atoms with Crippen molar-refractivity contribution in [2.45, 2.75) is 0 Å². The molecule has 6 heteroatoms. The average Bonchev–Trinajstić information content (AvgIpc) is 2.60. The molecule has 0 bridgehead atoms. The van der Waals surface area contributed by atoms with Crippen LogP contribution in [0.2, 0.25) is 0 Å². The summed E-state index contributed by atoms with van der Waals surface area (Å²) in [7, 11) is 0. The summed E-state index contributed by atoms with van der Waals surface area (Å²) in [5.74, 6) is 1.10. The van der Waals surface area contributed by atoms with Gasteiger partial charge in [0.15, 0.2) is 5.11 Å². The fourth-order valence-corrected chi connectivity index (χ4v) is 2.67. The molecule has 0 aliphatic heterocycles. The fraction of sp³-hybridized carbons (Fsp3) is 0. The highest BCUT2D eigenvalue weighted by Gasteiger charge is 2.05. The predicted molar refractivity (Wildman–Crippen MR) is 107 cm³/mol. The van der Waals surface area contributed by atoms with Crippen molar-refractivity contribution in [2.24, 2.45) is 0 Å². The van der Waals surface area contributed by atoms with Gasteiger partial charge in [-0.15, -0.1) is 0 Å². The van der Waals surface area contributed by atoms with E-state index in [9.17, 15) is 4.39 Å². The van der Waals surface area contributed by atoms with E-state index in [1.807, 2.05) is 54.6 Å². The summed E-state index contributed by atoms with van der Waals surface area (Å²) in [5, 5.41) is 6.15. The highest BCUT2D eigenvalue weighted by Crippen LogP contribution is 2.23. The number of rotatable bonds is 4. The van der Waals surface area contributed by atoms with E-state index in [1.165, 1.54) is 6.07 Å². The van der Waals surface area contributed by atoms with Crippen molar-refractivity contribution < 1.29 is 9.13 Å². The summed E-state index contributed by atoms with van der Waals surface area (Å²) >= 11 is 8.44. The Morgan fingerprint density at radius 2 is 1.56 bits per heavy atom. The van der Waals surface area contributed by atoms with Crippen LogP contribution in [0.3, 0.4) is 0 Å². The maximum absolute atomic E-state index is 13.8. The first kappa shape index (κ1) is 17.4. The van der Waals surface area contributed by atoms with E-state index in [1.54, 1.807) is 12.1 Å². The second kappa shape index (κ2) is 8.09. The molecule has 0 spiro atoms. The molecule has 25 heavy (non-hydrogen) atoms. The first-order chi connectivity index (χ1) is 12.1. The Labute approximate surface area is 159 Å². The van der Waals surface area contributed by atoms with Crippen molar-refractivity contribution >= 4 is 44.6 Å². The van der Waals surface area contributed by atoms with E-state index in [2.05, 4.69) is 26.6 Å². The van der Waals surface area contributed by atoms with Gasteiger partial charge in [0.1, 0.15) is 17.3 Å². The first-order valence-electron chi connectivity index (χ1n) is 7.46. The van der Waals surface area contributed by atoms with Crippen molar-refractivity contribution in [1.82, 2.24) is 0 Å². The number of benzene rings is 3. The van der Waals surface area contributed by atoms with Gasteiger partial charge in [0.25, 0.3) is 0 Å². The Bertz CT molecular complexity index is 872. The molecule has 0 aliphatic rings. The van der Waals surface area contributed by atoms with Gasteiger partial charge in [-0.25, -0.2) is 4.39 Å². The van der Waals surface area contributed by atoms with Gasteiger partial charge in [-0.3, -0.25) is 0 Å². The van der Waals surface area contributed by atoms with E-state index < -0.39 is 0 Å². The van der Waals surface area contributed by atoms with E-state index in [4.69, 9.17) is 17.0 Å². The van der Waals surface area contributed by atoms with Crippen molar-refractivity contribution in [3.63, 3.8) is 0 Å². The van der Waals surface area contributed by atoms with Crippen LogP contribution in [0.1, 0.15) is 0 Å². The molecule has 126 valence electrons. The maximum atomic E-state index is 13.8. The second-order valence-corrected chi connectivity index (χ2v) is 6.47. The van der Waals surface area contributed by atoms with Gasteiger partial charge >= 0.3 is 0 Å². The molecule has 2 N–H and O–H groups in total. The maximum Gasteiger partial charge on any atom is 0.175 e. The Morgan fingerprint density at radius 1 is 0.880 bits per heavy atom. The molecule has 3 aromatic carbocycles. The zero-order valence-corrected chi connectivity index (χ0v) is 15.4. The van der Waals surface area contributed by atoms with Crippen molar-refractivity contribution in [2.75, 3.05) is 10.6 Å². The molecule has 0 fully saturated rings. The Morgan fingerprint density at radius 3 is 2.24 bits per heavy atom. The highest BCUT2D eigenvalue weighted by atomic mass is 79.9. The van der Waals surface area contributed by atoms with Crippen LogP contribution >= 0.6 is 28.1 Å². The quantitative estimate of drug-likeness (QED) is 0.496. The summed E-state index contributed by atoms with van der Waals surface area (Å²) in [5.41, 5.74) is 1.08. The molecule has 0 saturated carbocycles. The minimum atomic E-state index is -0.384. The highest BCUT2D eigenvalue weighted by molar-refractivity contribution is 9.10. The van der Waals surface area contributed by atoms with Gasteiger partial charge < -0.3 is 15.4 Å². The van der Waals surface area contributed by atoms with Crippen LogP contribution < -0.4 is 15.4 Å². The number of anilines is 2. The summed E-state index contributed by atoms with van der Waals surface area (Å²) in [6.45, 7) is 0. The second-order valence-electron chi connectivity index (χ2n) is 5.14. The van der Waals surface area contributed by atoms with Crippen LogP contribution in [-0.4, -0.2) is 5.11 Å². The third-order valence-electron chi connectivity index (χ3n) is 3.27. The van der Waals surface area contributed by atoms with E-state index >= 15 is 0 Å². The molecule has 0 aliphatic carbocycles. The number of nitrogens with one attached hydrogen (secondary N) is 2. The smallest absolute Gasteiger partial charge is 0.175 e. The first-order valence-corrected chi connectivity index (χ1v) is 8.66. The lowest BCUT2D eigenvalue weighted by atomic mass is 10.3. The van der Waals surface area contributed by atoms with Gasteiger partial charge in [-0.05, 0) is 66.8 Å². The predicted octanol–water partition coefficient (Wildman–Crippen LogP) is 6.19. The molecule has 0 unspecified atom stereocenters. The van der Waals surface area contributed by atoms with Gasteiger partial charge in [0.05, 0.1) is 5.69 Å². The molecular formula is C19H14BrFN2OS. The largest absolute Gasteiger partial charge is 0.457 e. The molecule has 0 saturated heterocycles. The number of ether oxygens (including phenoxy) is 1. The number of thiocarbonyl (C=S) groups is 1. The van der Waals surface area contributed by atoms with E-state index in [-0.39, 0.29) is 5.82 Å². The van der Waals surface area contributed by atoms with Crippen LogP contribution in [0.5, 0.6) is 11.5 Å². The molecule has 0 heterocycles. The van der Waals surface area contributed by atoms with Crippen LogP contribution in [-0.2, 0) is 0 Å². The lowest BCUT2D eigenvalue weighted by molar-refractivity contribution is 0.483. The van der Waals surface area contributed by atoms with E-state index in [0.29, 0.717) is 15.3 Å². The molecule has 3 nitrogen and oxygen atoms in total. The lowest BCUT2D eigenvalue weighted by Gasteiger charge is -2.12. The van der Waals surface area contributed by atoms with Crippen LogP contribution in [0, 0.1) is 5.82 Å². The number of hydrogen-bond acceptors (Lipinski definition) is 2. The van der Waals surface area contributed by atoms with Gasteiger partial charge in [0, 0.05) is 10.2 Å². The van der Waals surface area contributed by atoms with Crippen LogP contribution in [0.15, 0.2) is 77.3 Å². The molecule has 0 radical (unpaired) electrons. The minimum absolute atomic E-state index is 0.304. The third kappa shape index (κ3) is 5.01. The fourth-order valence-electron chi connectivity index (χ4n) is 2.11. The van der Waals surface area contributed by atoms with E-state index in [0.717, 1.165) is 17.2 Å². The molecule has 0 aromatic heterocycles.